The second kappa shape index (κ2) is 29.2. The second-order valence-corrected chi connectivity index (χ2v) is 26.8. The molecule has 0 radical (unpaired) electrons. The van der Waals surface area contributed by atoms with Crippen molar-refractivity contribution in [2.75, 3.05) is 27.4 Å². The third kappa shape index (κ3) is 15.1. The van der Waals surface area contributed by atoms with E-state index in [0.717, 1.165) is 28.5 Å². The molecule has 98 heavy (non-hydrogen) atoms. The van der Waals surface area contributed by atoms with Gasteiger partial charge in [0, 0.05) is 22.4 Å². The van der Waals surface area contributed by atoms with E-state index in [1.165, 1.54) is 69.8 Å². The molecule has 2 aliphatic heterocycles. The van der Waals surface area contributed by atoms with Crippen LogP contribution >= 0.6 is 15.5 Å². The Bertz CT molecular complexity index is 4640. The van der Waals surface area contributed by atoms with Crippen LogP contribution in [0.1, 0.15) is 62.9 Å². The zero-order valence-electron chi connectivity index (χ0n) is 53.9. The molecule has 26 nitrogen and oxygen atoms in total. The smallest absolute Gasteiger partial charge is 0.459 e. The fourth-order valence-electron chi connectivity index (χ4n) is 11.0. The summed E-state index contributed by atoms with van der Waals surface area (Å²) in [4.78, 5) is 51.5. The predicted octanol–water partition coefficient (Wildman–Crippen LogP) is 10.7. The minimum Gasteiger partial charge on any atom is -0.479 e. The summed E-state index contributed by atoms with van der Waals surface area (Å²) >= 11 is 0. The minimum absolute atomic E-state index is 0.00377. The highest BCUT2D eigenvalue weighted by molar-refractivity contribution is 7.52. The van der Waals surface area contributed by atoms with Crippen molar-refractivity contribution in [1.82, 2.24) is 49.2 Å². The standard InChI is InChI=1S/C33H33F3N5O8P.C33H35FN5O8P/c1-18(31(42)46-15-21-12-13-22(34)14-24(21)35)40-50(44,49-25-11-7-9-20-8-5-6-10-23(20)25)47-16-26-28(36)33(3,43)32(48-26)41-17-37-27-29(41)38-19(2)39-30(27)45-4;1-20(31(40)44-17-22-11-6-5-7-12-22)38-48(42,47-25-16-10-14-23-13-8-9-15-24(23)25)45-18-26-28(34)33(3,41)32(46-26)39-19-35-27-29(39)36-21(2)37-30(27)43-4/h5-14,17-18,26,28,32,43H,15-16H2,1-4H3,(H,40,44);5-16,19-20,26,28,32,41H,17-18H2,1-4H3,(H,38,42)/t18-,26+,28+,32+,33+,50?;20-,26+,28+,32+,33+,48?/m00/s1. The number of methoxy groups -OCH3 is 2. The van der Waals surface area contributed by atoms with Gasteiger partial charge in [-0.25, -0.2) is 46.6 Å². The molecule has 2 aliphatic rings. The van der Waals surface area contributed by atoms with E-state index in [0.29, 0.717) is 34.0 Å². The van der Waals surface area contributed by atoms with Gasteiger partial charge in [-0.1, -0.05) is 103 Å². The highest BCUT2D eigenvalue weighted by atomic mass is 31.2. The van der Waals surface area contributed by atoms with E-state index < -0.39 is 119 Å². The quantitative estimate of drug-likeness (QED) is 0.0248. The highest BCUT2D eigenvalue weighted by Gasteiger charge is 2.57. The van der Waals surface area contributed by atoms with Gasteiger partial charge in [0.05, 0.1) is 40.1 Å². The highest BCUT2D eigenvalue weighted by Crippen LogP contribution is 2.51. The number of benzene rings is 6. The Labute approximate surface area is 557 Å². The zero-order chi connectivity index (χ0) is 69.8. The summed E-state index contributed by atoms with van der Waals surface area (Å²) in [5.41, 5.74) is -2.52. The molecule has 2 saturated heterocycles. The Morgan fingerprint density at radius 3 is 1.48 bits per heavy atom. The number of alkyl halides is 2. The van der Waals surface area contributed by atoms with E-state index in [1.807, 2.05) is 36.4 Å². The van der Waals surface area contributed by atoms with Crippen LogP contribution in [0.5, 0.6) is 23.3 Å². The summed E-state index contributed by atoms with van der Waals surface area (Å²) in [6.07, 6.45) is -7.01. The third-order valence-electron chi connectivity index (χ3n) is 16.0. The molecule has 4 N–H and O–H groups in total. The molecule has 0 bridgehead atoms. The first-order chi connectivity index (χ1) is 46.8. The lowest BCUT2D eigenvalue weighted by molar-refractivity contribution is -0.147. The SMILES string of the molecule is COc1nc(C)nc2c1ncn2[C@@H]1O[C@H](COP(=O)(N[C@@H](C)C(=O)OCc2ccc(F)cc2F)Oc2cccc3ccccc23)[C@@H](F)[C@@]1(C)O.COc1nc(C)nc2c1ncn2[C@@H]1O[C@H](COP(=O)(N[C@@H](C)C(=O)OCc2ccccc2)Oc2cccc3ccccc23)[C@@H](F)[C@@]1(C)O. The van der Waals surface area contributed by atoms with E-state index >= 15 is 8.78 Å². The molecule has 0 saturated carbocycles. The van der Waals surface area contributed by atoms with Crippen LogP contribution in [0.2, 0.25) is 0 Å². The van der Waals surface area contributed by atoms with Gasteiger partial charge in [0.1, 0.15) is 83.5 Å². The van der Waals surface area contributed by atoms with Gasteiger partial charge in [-0.2, -0.15) is 20.1 Å². The molecule has 6 aromatic carbocycles. The molecule has 6 heterocycles. The summed E-state index contributed by atoms with van der Waals surface area (Å²) in [5.74, 6) is -1.99. The monoisotopic (exact) mass is 1390 g/mol. The van der Waals surface area contributed by atoms with E-state index in [4.69, 9.17) is 46.5 Å². The van der Waals surface area contributed by atoms with E-state index in [-0.39, 0.29) is 52.2 Å². The maximum absolute atomic E-state index is 15.9. The third-order valence-corrected chi connectivity index (χ3v) is 19.3. The Kier molecular flexibility index (Phi) is 20.9. The van der Waals surface area contributed by atoms with Gasteiger partial charge in [0.25, 0.3) is 0 Å². The molecule has 0 aliphatic carbocycles. The Hall–Kier alpha value is -9.06. The van der Waals surface area contributed by atoms with Crippen LogP contribution in [-0.2, 0) is 59.9 Å². The van der Waals surface area contributed by atoms with Gasteiger partial charge in [-0.3, -0.25) is 27.8 Å². The number of aryl methyl sites for hydroxylation is 2. The molecular formula is C66H68F4N10O16P2. The van der Waals surface area contributed by atoms with Crippen LogP contribution < -0.4 is 28.7 Å². The number of aromatic nitrogens is 8. The van der Waals surface area contributed by atoms with E-state index in [9.17, 15) is 37.7 Å². The number of fused-ring (bicyclic) bond motifs is 4. The first kappa shape index (κ1) is 70.3. The molecule has 12 atom stereocenters. The summed E-state index contributed by atoms with van der Waals surface area (Å²) in [7, 11) is -6.18. The van der Waals surface area contributed by atoms with Crippen LogP contribution in [-0.4, -0.2) is 136 Å². The van der Waals surface area contributed by atoms with Crippen molar-refractivity contribution in [3.05, 3.63) is 181 Å². The minimum atomic E-state index is -4.58. The lowest BCUT2D eigenvalue weighted by Crippen LogP contribution is -2.42. The average molecular weight is 1400 g/mol. The largest absolute Gasteiger partial charge is 0.479 e. The number of imidazole rings is 2. The van der Waals surface area contributed by atoms with Crippen molar-refractivity contribution in [2.45, 2.75) is 115 Å². The van der Waals surface area contributed by atoms with Gasteiger partial charge in [-0.05, 0) is 82.1 Å². The topological polar surface area (TPSA) is 312 Å². The second-order valence-electron chi connectivity index (χ2n) is 23.4. The Balaban J connectivity index is 0.000000199. The summed E-state index contributed by atoms with van der Waals surface area (Å²) in [6, 6.07) is 33.9. The molecule has 4 aromatic heterocycles. The number of carbonyl (C=O) groups excluding carboxylic acids is 2. The van der Waals surface area contributed by atoms with Crippen LogP contribution in [0.25, 0.3) is 43.9 Å². The fourth-order valence-corrected chi connectivity index (χ4v) is 14.0. The van der Waals surface area contributed by atoms with Gasteiger partial charge >= 0.3 is 27.4 Å². The molecule has 0 spiro atoms. The number of nitrogens with zero attached hydrogens (tertiary/aromatic N) is 8. The maximum Gasteiger partial charge on any atom is 0.459 e. The zero-order valence-corrected chi connectivity index (χ0v) is 55.7. The molecular weight excluding hydrogens is 1330 g/mol. The van der Waals surface area contributed by atoms with Crippen LogP contribution in [0.3, 0.4) is 0 Å². The lowest BCUT2D eigenvalue weighted by Gasteiger charge is -2.26. The molecule has 10 aromatic rings. The molecule has 0 amide bonds. The average Bonchev–Trinajstić information content (AvgIpc) is 1.60. The molecule has 32 heteroatoms. The van der Waals surface area contributed by atoms with Crippen LogP contribution in [0, 0.1) is 25.5 Å². The number of esters is 2. The first-order valence-electron chi connectivity index (χ1n) is 30.5. The van der Waals surface area contributed by atoms with Crippen molar-refractivity contribution in [2.24, 2.45) is 0 Å². The molecule has 2 unspecified atom stereocenters. The number of nitrogens with one attached hydrogen (secondary N) is 2. The summed E-state index contributed by atoms with van der Waals surface area (Å²) in [6.45, 7) is 6.65. The number of ether oxygens (including phenoxy) is 6. The Morgan fingerprint density at radius 1 is 0.602 bits per heavy atom. The number of halogens is 4. The number of aliphatic hydroxyl groups is 2. The number of hydrogen-bond acceptors (Lipinski definition) is 22. The fraction of sp³-hybridized carbons (Fsp3) is 0.333. The van der Waals surface area contributed by atoms with Gasteiger partial charge in [0.15, 0.2) is 47.1 Å². The van der Waals surface area contributed by atoms with Crippen molar-refractivity contribution in [3.8, 4) is 23.3 Å². The van der Waals surface area contributed by atoms with Gasteiger partial charge in [-0.15, -0.1) is 0 Å². The molecule has 12 rings (SSSR count). The van der Waals surface area contributed by atoms with Crippen molar-refractivity contribution >= 4 is 71.3 Å². The van der Waals surface area contributed by atoms with E-state index in [2.05, 4.69) is 40.1 Å². The van der Waals surface area contributed by atoms with Crippen molar-refractivity contribution in [3.63, 3.8) is 0 Å². The van der Waals surface area contributed by atoms with Gasteiger partial charge in [0.2, 0.25) is 11.8 Å². The number of hydrogen-bond donors (Lipinski definition) is 4. The van der Waals surface area contributed by atoms with Gasteiger partial charge < -0.3 is 47.7 Å². The first-order valence-corrected chi connectivity index (χ1v) is 33.6. The van der Waals surface area contributed by atoms with Crippen LogP contribution in [0.4, 0.5) is 17.6 Å². The van der Waals surface area contributed by atoms with Crippen molar-refractivity contribution in [1.29, 1.82) is 0 Å². The predicted molar refractivity (Wildman–Crippen MR) is 346 cm³/mol. The lowest BCUT2D eigenvalue weighted by atomic mass is 9.98. The maximum atomic E-state index is 15.9. The summed E-state index contributed by atoms with van der Waals surface area (Å²) < 4.78 is 147. The molecule has 516 valence electrons. The summed E-state index contributed by atoms with van der Waals surface area (Å²) in [5, 5.41) is 30.5. The Morgan fingerprint density at radius 2 is 1.03 bits per heavy atom. The van der Waals surface area contributed by atoms with Crippen molar-refractivity contribution < 1.29 is 93.0 Å². The molecule has 2 fully saturated rings. The van der Waals surface area contributed by atoms with Crippen LogP contribution in [0.15, 0.2) is 146 Å². The normalized spacial score (nSPS) is 22.6. The van der Waals surface area contributed by atoms with E-state index in [1.54, 1.807) is 86.6 Å². The number of carbonyl (C=O) groups is 2. The number of rotatable bonds is 24.